The number of phenolic OH excluding ortho intramolecular Hbond substituents is 1. The number of hydrogen-bond acceptors (Lipinski definition) is 6. The van der Waals surface area contributed by atoms with Gasteiger partial charge in [-0.1, -0.05) is 12.1 Å². The summed E-state index contributed by atoms with van der Waals surface area (Å²) in [6, 6.07) is 5.70. The minimum atomic E-state index is -0.821. The lowest BCUT2D eigenvalue weighted by Crippen LogP contribution is -2.45. The molecule has 0 aromatic heterocycles. The Balaban J connectivity index is 1.94. The number of esters is 1. The molecule has 1 aliphatic heterocycles. The van der Waals surface area contributed by atoms with Crippen LogP contribution in [0.3, 0.4) is 0 Å². The molecule has 1 aliphatic rings. The van der Waals surface area contributed by atoms with Gasteiger partial charge in [0.25, 0.3) is 0 Å². The van der Waals surface area contributed by atoms with Crippen LogP contribution in [0.5, 0.6) is 5.75 Å². The third-order valence-corrected chi connectivity index (χ3v) is 3.47. The Bertz CT molecular complexity index is 541. The second kappa shape index (κ2) is 8.50. The van der Waals surface area contributed by atoms with Crippen molar-refractivity contribution in [3.8, 4) is 5.75 Å². The predicted molar refractivity (Wildman–Crippen MR) is 80.9 cm³/mol. The van der Waals surface area contributed by atoms with Crippen molar-refractivity contribution in [1.29, 1.82) is 0 Å². The van der Waals surface area contributed by atoms with Gasteiger partial charge in [-0.3, -0.25) is 4.79 Å². The van der Waals surface area contributed by atoms with Gasteiger partial charge in [0, 0.05) is 6.42 Å². The van der Waals surface area contributed by atoms with Gasteiger partial charge in [-0.05, 0) is 17.7 Å². The maximum Gasteiger partial charge on any atom is 0.328 e. The minimum absolute atomic E-state index is 0.102. The number of methoxy groups -OCH3 is 1. The van der Waals surface area contributed by atoms with Crippen LogP contribution in [0.1, 0.15) is 12.0 Å². The van der Waals surface area contributed by atoms with Crippen molar-refractivity contribution in [1.82, 2.24) is 5.32 Å². The van der Waals surface area contributed by atoms with E-state index in [1.807, 2.05) is 0 Å². The van der Waals surface area contributed by atoms with E-state index < -0.39 is 12.0 Å². The molecule has 1 amide bonds. The van der Waals surface area contributed by atoms with Gasteiger partial charge in [0.1, 0.15) is 11.8 Å². The smallest absolute Gasteiger partial charge is 0.328 e. The molecule has 1 aromatic rings. The summed E-state index contributed by atoms with van der Waals surface area (Å²) in [7, 11) is 1.27. The molecule has 1 heterocycles. The molecule has 0 saturated carbocycles. The molecule has 2 unspecified atom stereocenters. The van der Waals surface area contributed by atoms with Crippen molar-refractivity contribution in [2.45, 2.75) is 25.0 Å². The summed E-state index contributed by atoms with van der Waals surface area (Å²) in [5, 5.41) is 12.1. The number of nitrogens with one attached hydrogen (secondary N) is 1. The summed E-state index contributed by atoms with van der Waals surface area (Å²) < 4.78 is 15.4. The van der Waals surface area contributed by atoms with Crippen molar-refractivity contribution >= 4 is 11.9 Å². The van der Waals surface area contributed by atoms with Gasteiger partial charge in [0.05, 0.1) is 39.5 Å². The molecular weight excluding hydrogens is 302 g/mol. The van der Waals surface area contributed by atoms with E-state index in [2.05, 4.69) is 5.32 Å². The molecule has 1 fully saturated rings. The second-order valence-electron chi connectivity index (χ2n) is 5.29. The first-order valence-corrected chi connectivity index (χ1v) is 7.43. The summed E-state index contributed by atoms with van der Waals surface area (Å²) >= 11 is 0. The number of phenols is 1. The van der Waals surface area contributed by atoms with E-state index in [9.17, 15) is 14.7 Å². The van der Waals surface area contributed by atoms with Gasteiger partial charge in [-0.15, -0.1) is 0 Å². The van der Waals surface area contributed by atoms with Gasteiger partial charge in [0.15, 0.2) is 0 Å². The van der Waals surface area contributed by atoms with Crippen LogP contribution >= 0.6 is 0 Å². The standard InChI is InChI=1S/C16H21NO6/c1-21-16(20)14(8-11-3-2-4-12(18)7-11)17-15(19)9-13-10-22-5-6-23-13/h2-4,7,13-14,18H,5-6,8-10H2,1H3,(H,17,19). The van der Waals surface area contributed by atoms with E-state index >= 15 is 0 Å². The fourth-order valence-electron chi connectivity index (χ4n) is 2.37. The van der Waals surface area contributed by atoms with Crippen LogP contribution in [0, 0.1) is 0 Å². The van der Waals surface area contributed by atoms with Crippen LogP contribution in [0.25, 0.3) is 0 Å². The van der Waals surface area contributed by atoms with E-state index in [1.54, 1.807) is 18.2 Å². The largest absolute Gasteiger partial charge is 0.508 e. The Hall–Kier alpha value is -2.12. The number of benzene rings is 1. The maximum atomic E-state index is 12.1. The molecule has 0 radical (unpaired) electrons. The first-order valence-electron chi connectivity index (χ1n) is 7.43. The first kappa shape index (κ1) is 17.2. The van der Waals surface area contributed by atoms with E-state index in [0.717, 1.165) is 5.56 Å². The molecule has 2 rings (SSSR count). The molecule has 7 heteroatoms. The van der Waals surface area contributed by atoms with Crippen LogP contribution in [-0.4, -0.2) is 56.1 Å². The predicted octanol–water partition coefficient (Wildman–Crippen LogP) is 0.398. The highest BCUT2D eigenvalue weighted by molar-refractivity contribution is 5.84. The Morgan fingerprint density at radius 2 is 2.26 bits per heavy atom. The van der Waals surface area contributed by atoms with Gasteiger partial charge in [0.2, 0.25) is 5.91 Å². The van der Waals surface area contributed by atoms with Gasteiger partial charge in [-0.25, -0.2) is 4.79 Å². The van der Waals surface area contributed by atoms with Crippen molar-refractivity contribution < 1.29 is 28.9 Å². The molecule has 0 aliphatic carbocycles. The summed E-state index contributed by atoms with van der Waals surface area (Å²) in [6.07, 6.45) is 0.0466. The number of ether oxygens (including phenoxy) is 3. The number of rotatable bonds is 6. The number of hydrogen-bond donors (Lipinski definition) is 2. The van der Waals surface area contributed by atoms with Gasteiger partial charge in [-0.2, -0.15) is 0 Å². The van der Waals surface area contributed by atoms with E-state index in [0.29, 0.717) is 19.8 Å². The Morgan fingerprint density at radius 1 is 1.43 bits per heavy atom. The summed E-state index contributed by atoms with van der Waals surface area (Å²) in [5.41, 5.74) is 0.720. The van der Waals surface area contributed by atoms with Crippen LogP contribution in [-0.2, 0) is 30.2 Å². The first-order chi connectivity index (χ1) is 11.1. The molecule has 23 heavy (non-hydrogen) atoms. The molecule has 2 atom stereocenters. The molecule has 7 nitrogen and oxygen atoms in total. The Kier molecular flexibility index (Phi) is 6.37. The highest BCUT2D eigenvalue weighted by Crippen LogP contribution is 2.13. The number of amides is 1. The van der Waals surface area contributed by atoms with Crippen LogP contribution in [0.4, 0.5) is 0 Å². The van der Waals surface area contributed by atoms with Crippen LogP contribution in [0.15, 0.2) is 24.3 Å². The number of aromatic hydroxyl groups is 1. The zero-order valence-electron chi connectivity index (χ0n) is 13.0. The van der Waals surface area contributed by atoms with E-state index in [4.69, 9.17) is 14.2 Å². The minimum Gasteiger partial charge on any atom is -0.508 e. The fourth-order valence-corrected chi connectivity index (χ4v) is 2.37. The normalized spacial score (nSPS) is 18.9. The summed E-state index contributed by atoms with van der Waals surface area (Å²) in [5.74, 6) is -0.747. The zero-order chi connectivity index (χ0) is 16.7. The fraction of sp³-hybridized carbons (Fsp3) is 0.500. The van der Waals surface area contributed by atoms with Crippen molar-refractivity contribution in [3.05, 3.63) is 29.8 Å². The van der Waals surface area contributed by atoms with Crippen LogP contribution < -0.4 is 5.32 Å². The Morgan fingerprint density at radius 3 is 2.91 bits per heavy atom. The van der Waals surface area contributed by atoms with Crippen molar-refractivity contribution in [2.75, 3.05) is 26.9 Å². The zero-order valence-corrected chi connectivity index (χ0v) is 13.0. The number of carbonyl (C=O) groups excluding carboxylic acids is 2. The summed E-state index contributed by atoms with van der Waals surface area (Å²) in [4.78, 5) is 24.0. The second-order valence-corrected chi connectivity index (χ2v) is 5.29. The molecule has 1 aromatic carbocycles. The van der Waals surface area contributed by atoms with Crippen molar-refractivity contribution in [2.24, 2.45) is 0 Å². The molecular formula is C16H21NO6. The quantitative estimate of drug-likeness (QED) is 0.736. The van der Waals surface area contributed by atoms with Crippen molar-refractivity contribution in [3.63, 3.8) is 0 Å². The monoisotopic (exact) mass is 323 g/mol. The summed E-state index contributed by atoms with van der Waals surface area (Å²) in [6.45, 7) is 1.35. The lowest BCUT2D eigenvalue weighted by molar-refractivity contribution is -0.146. The topological polar surface area (TPSA) is 94.1 Å². The molecule has 126 valence electrons. The Labute approximate surface area is 134 Å². The molecule has 0 bridgehead atoms. The third kappa shape index (κ3) is 5.54. The third-order valence-electron chi connectivity index (χ3n) is 3.47. The maximum absolute atomic E-state index is 12.1. The molecule has 2 N–H and O–H groups in total. The van der Waals surface area contributed by atoms with E-state index in [1.165, 1.54) is 13.2 Å². The van der Waals surface area contributed by atoms with E-state index in [-0.39, 0.29) is 30.6 Å². The highest BCUT2D eigenvalue weighted by Gasteiger charge is 2.25. The average molecular weight is 323 g/mol. The molecule has 0 spiro atoms. The average Bonchev–Trinajstić information content (AvgIpc) is 2.54. The lowest BCUT2D eigenvalue weighted by atomic mass is 10.1. The van der Waals surface area contributed by atoms with Gasteiger partial charge >= 0.3 is 5.97 Å². The van der Waals surface area contributed by atoms with Gasteiger partial charge < -0.3 is 24.6 Å². The molecule has 1 saturated heterocycles. The van der Waals surface area contributed by atoms with Crippen LogP contribution in [0.2, 0.25) is 0 Å². The number of carbonyl (C=O) groups is 2. The highest BCUT2D eigenvalue weighted by atomic mass is 16.6. The SMILES string of the molecule is COC(=O)C(Cc1cccc(O)c1)NC(=O)CC1COCCO1. The lowest BCUT2D eigenvalue weighted by Gasteiger charge is -2.23.